The van der Waals surface area contributed by atoms with Crippen LogP contribution in [0.3, 0.4) is 0 Å². The zero-order valence-corrected chi connectivity index (χ0v) is 10.4. The van der Waals surface area contributed by atoms with Crippen LogP contribution in [0.1, 0.15) is 27.2 Å². The van der Waals surface area contributed by atoms with Crippen LogP contribution in [0, 0.1) is 5.41 Å². The standard InChI is InChI=1S/C12H16ClNO2/c1-12(2,3)7-11(16)14-9-6-8(13)4-5-10(9)15/h4-6,15H,7H2,1-3H3,(H,14,16). The zero-order chi connectivity index (χ0) is 12.3. The quantitative estimate of drug-likeness (QED) is 0.780. The minimum absolute atomic E-state index is 0.0201. The fourth-order valence-corrected chi connectivity index (χ4v) is 1.46. The molecule has 0 spiro atoms. The molecule has 0 aliphatic heterocycles. The van der Waals surface area contributed by atoms with Crippen LogP contribution in [0.25, 0.3) is 0 Å². The van der Waals surface area contributed by atoms with Gasteiger partial charge in [-0.1, -0.05) is 32.4 Å². The van der Waals surface area contributed by atoms with Gasteiger partial charge in [0, 0.05) is 11.4 Å². The molecule has 1 aromatic rings. The maximum atomic E-state index is 11.6. The highest BCUT2D eigenvalue weighted by atomic mass is 35.5. The lowest BCUT2D eigenvalue weighted by Gasteiger charge is -2.17. The molecule has 0 saturated carbocycles. The molecule has 1 aromatic carbocycles. The highest BCUT2D eigenvalue weighted by molar-refractivity contribution is 6.31. The first-order valence-electron chi connectivity index (χ1n) is 5.06. The maximum Gasteiger partial charge on any atom is 0.224 e. The van der Waals surface area contributed by atoms with E-state index < -0.39 is 0 Å². The first-order chi connectivity index (χ1) is 7.28. The third-order valence-electron chi connectivity index (χ3n) is 1.92. The number of benzene rings is 1. The van der Waals surface area contributed by atoms with Crippen molar-refractivity contribution in [1.82, 2.24) is 0 Å². The van der Waals surface area contributed by atoms with E-state index >= 15 is 0 Å². The lowest BCUT2D eigenvalue weighted by Crippen LogP contribution is -2.19. The number of carbonyl (C=O) groups excluding carboxylic acids is 1. The van der Waals surface area contributed by atoms with Crippen molar-refractivity contribution in [1.29, 1.82) is 0 Å². The molecule has 0 atom stereocenters. The van der Waals surface area contributed by atoms with E-state index in [0.29, 0.717) is 17.1 Å². The van der Waals surface area contributed by atoms with E-state index in [4.69, 9.17) is 11.6 Å². The molecule has 0 aromatic heterocycles. The van der Waals surface area contributed by atoms with Gasteiger partial charge in [-0.3, -0.25) is 4.79 Å². The Hall–Kier alpha value is -1.22. The Morgan fingerprint density at radius 1 is 1.44 bits per heavy atom. The molecule has 1 rings (SSSR count). The molecule has 3 nitrogen and oxygen atoms in total. The second-order valence-electron chi connectivity index (χ2n) is 4.95. The van der Waals surface area contributed by atoms with Crippen LogP contribution in [0.5, 0.6) is 5.75 Å². The molecule has 4 heteroatoms. The van der Waals surface area contributed by atoms with Gasteiger partial charge in [0.2, 0.25) is 5.91 Å². The smallest absolute Gasteiger partial charge is 0.224 e. The van der Waals surface area contributed by atoms with Crippen molar-refractivity contribution in [3.63, 3.8) is 0 Å². The molecule has 0 radical (unpaired) electrons. The normalized spacial score (nSPS) is 11.2. The van der Waals surface area contributed by atoms with E-state index in [-0.39, 0.29) is 17.1 Å². The molecule has 0 bridgehead atoms. The van der Waals surface area contributed by atoms with Crippen LogP contribution in [-0.4, -0.2) is 11.0 Å². The molecular formula is C12H16ClNO2. The van der Waals surface area contributed by atoms with Gasteiger partial charge in [-0.05, 0) is 23.6 Å². The Bertz CT molecular complexity index is 396. The molecule has 0 aliphatic rings. The van der Waals surface area contributed by atoms with Crippen LogP contribution in [-0.2, 0) is 4.79 Å². The summed E-state index contributed by atoms with van der Waals surface area (Å²) in [4.78, 5) is 11.6. The Kier molecular flexibility index (Phi) is 3.81. The van der Waals surface area contributed by atoms with Gasteiger partial charge < -0.3 is 10.4 Å². The van der Waals surface area contributed by atoms with Gasteiger partial charge >= 0.3 is 0 Å². The summed E-state index contributed by atoms with van der Waals surface area (Å²) in [6, 6.07) is 4.54. The predicted octanol–water partition coefficient (Wildman–Crippen LogP) is 3.42. The molecule has 0 heterocycles. The van der Waals surface area contributed by atoms with E-state index in [1.54, 1.807) is 6.07 Å². The Morgan fingerprint density at radius 3 is 2.62 bits per heavy atom. The van der Waals surface area contributed by atoms with Gasteiger partial charge in [0.05, 0.1) is 5.69 Å². The SMILES string of the molecule is CC(C)(C)CC(=O)Nc1cc(Cl)ccc1O. The summed E-state index contributed by atoms with van der Waals surface area (Å²) in [6.07, 6.45) is 0.388. The highest BCUT2D eigenvalue weighted by Gasteiger charge is 2.16. The van der Waals surface area contributed by atoms with Crippen LogP contribution < -0.4 is 5.32 Å². The maximum absolute atomic E-state index is 11.6. The minimum atomic E-state index is -0.134. The second-order valence-corrected chi connectivity index (χ2v) is 5.38. The van der Waals surface area contributed by atoms with Gasteiger partial charge in [0.15, 0.2) is 0 Å². The monoisotopic (exact) mass is 241 g/mol. The molecule has 1 amide bonds. The van der Waals surface area contributed by atoms with Gasteiger partial charge in [-0.25, -0.2) is 0 Å². The van der Waals surface area contributed by atoms with E-state index in [1.165, 1.54) is 12.1 Å². The van der Waals surface area contributed by atoms with Crippen molar-refractivity contribution in [2.75, 3.05) is 5.32 Å². The summed E-state index contributed by atoms with van der Waals surface area (Å²) in [5, 5.41) is 12.6. The van der Waals surface area contributed by atoms with E-state index in [9.17, 15) is 9.90 Å². The Balaban J connectivity index is 2.73. The van der Waals surface area contributed by atoms with Crippen molar-refractivity contribution in [2.45, 2.75) is 27.2 Å². The number of anilines is 1. The number of hydrogen-bond acceptors (Lipinski definition) is 2. The van der Waals surface area contributed by atoms with E-state index in [1.807, 2.05) is 20.8 Å². The summed E-state index contributed by atoms with van der Waals surface area (Å²) in [7, 11) is 0. The van der Waals surface area contributed by atoms with Gasteiger partial charge in [-0.15, -0.1) is 0 Å². The number of phenolic OH excluding ortho intramolecular Hbond substituents is 1. The van der Waals surface area contributed by atoms with Gasteiger partial charge in [0.25, 0.3) is 0 Å². The van der Waals surface area contributed by atoms with Crippen molar-refractivity contribution in [2.24, 2.45) is 5.41 Å². The molecule has 88 valence electrons. The van der Waals surface area contributed by atoms with Gasteiger partial charge in [-0.2, -0.15) is 0 Å². The summed E-state index contributed by atoms with van der Waals surface area (Å²) < 4.78 is 0. The number of amides is 1. The molecule has 16 heavy (non-hydrogen) atoms. The molecular weight excluding hydrogens is 226 g/mol. The molecule has 0 fully saturated rings. The molecule has 2 N–H and O–H groups in total. The first kappa shape index (κ1) is 12.8. The average molecular weight is 242 g/mol. The molecule has 0 aliphatic carbocycles. The Morgan fingerprint density at radius 2 is 2.06 bits per heavy atom. The summed E-state index contributed by atoms with van der Waals surface area (Å²) in [6.45, 7) is 5.93. The largest absolute Gasteiger partial charge is 0.506 e. The number of nitrogens with one attached hydrogen (secondary N) is 1. The van der Waals surface area contributed by atoms with E-state index in [2.05, 4.69) is 5.32 Å². The van der Waals surface area contributed by atoms with Crippen molar-refractivity contribution < 1.29 is 9.90 Å². The minimum Gasteiger partial charge on any atom is -0.506 e. The fourth-order valence-electron chi connectivity index (χ4n) is 1.28. The van der Waals surface area contributed by atoms with Crippen molar-refractivity contribution in [3.05, 3.63) is 23.2 Å². The third-order valence-corrected chi connectivity index (χ3v) is 2.16. The molecule has 0 saturated heterocycles. The van der Waals surface area contributed by atoms with Crippen LogP contribution in [0.4, 0.5) is 5.69 Å². The highest BCUT2D eigenvalue weighted by Crippen LogP contribution is 2.27. The average Bonchev–Trinajstić information content (AvgIpc) is 2.08. The number of halogens is 1. The van der Waals surface area contributed by atoms with Crippen LogP contribution in [0.15, 0.2) is 18.2 Å². The fraction of sp³-hybridized carbons (Fsp3) is 0.417. The van der Waals surface area contributed by atoms with E-state index in [0.717, 1.165) is 0 Å². The van der Waals surface area contributed by atoms with Crippen LogP contribution >= 0.6 is 11.6 Å². The van der Waals surface area contributed by atoms with Gasteiger partial charge in [0.1, 0.15) is 5.75 Å². The first-order valence-corrected chi connectivity index (χ1v) is 5.44. The van der Waals surface area contributed by atoms with Crippen molar-refractivity contribution >= 4 is 23.2 Å². The predicted molar refractivity (Wildman–Crippen MR) is 65.8 cm³/mol. The number of hydrogen-bond donors (Lipinski definition) is 2. The lowest BCUT2D eigenvalue weighted by atomic mass is 9.92. The number of carbonyl (C=O) groups is 1. The second kappa shape index (κ2) is 4.74. The summed E-state index contributed by atoms with van der Waals surface area (Å²) in [5.41, 5.74) is 0.264. The molecule has 0 unspecified atom stereocenters. The summed E-state index contributed by atoms with van der Waals surface area (Å²) in [5.74, 6) is -0.114. The lowest BCUT2D eigenvalue weighted by molar-refractivity contribution is -0.117. The summed E-state index contributed by atoms with van der Waals surface area (Å²) >= 11 is 5.77. The third kappa shape index (κ3) is 4.11. The number of phenols is 1. The van der Waals surface area contributed by atoms with Crippen molar-refractivity contribution in [3.8, 4) is 5.75 Å². The number of rotatable bonds is 2. The zero-order valence-electron chi connectivity index (χ0n) is 9.67. The number of aromatic hydroxyl groups is 1. The Labute approximate surface area is 100 Å². The topological polar surface area (TPSA) is 49.3 Å². The van der Waals surface area contributed by atoms with Crippen LogP contribution in [0.2, 0.25) is 5.02 Å².